The number of benzene rings is 1. The van der Waals surface area contributed by atoms with E-state index in [4.69, 9.17) is 5.11 Å². The van der Waals surface area contributed by atoms with Crippen LogP contribution in [0.5, 0.6) is 0 Å². The number of halogens is 6. The molecule has 0 spiro atoms. The summed E-state index contributed by atoms with van der Waals surface area (Å²) in [7, 11) is 0. The quantitative estimate of drug-likeness (QED) is 0.669. The molecule has 0 radical (unpaired) electrons. The van der Waals surface area contributed by atoms with Gasteiger partial charge >= 0.3 is 18.3 Å². The number of hydrogen-bond acceptors (Lipinski definition) is 2. The average Bonchev–Trinajstić information content (AvgIpc) is 2.91. The van der Waals surface area contributed by atoms with E-state index >= 15 is 0 Å². The topological polar surface area (TPSA) is 55.1 Å². The van der Waals surface area contributed by atoms with E-state index in [0.29, 0.717) is 18.2 Å². The maximum Gasteiger partial charge on any atom is 0.416 e. The van der Waals surface area contributed by atoms with Crippen LogP contribution in [0.2, 0.25) is 0 Å². The molecule has 0 amide bonds. The van der Waals surface area contributed by atoms with Gasteiger partial charge in [0.2, 0.25) is 0 Å². The minimum absolute atomic E-state index is 0.0187. The maximum atomic E-state index is 12.8. The van der Waals surface area contributed by atoms with Crippen LogP contribution < -0.4 is 0 Å². The molecule has 0 atom stereocenters. The second kappa shape index (κ2) is 6.02. The number of nitrogens with zero attached hydrogens (tertiary/aromatic N) is 2. The molecule has 0 saturated heterocycles. The third-order valence-corrected chi connectivity index (χ3v) is 2.86. The van der Waals surface area contributed by atoms with Crippen molar-refractivity contribution in [3.05, 3.63) is 47.7 Å². The van der Waals surface area contributed by atoms with E-state index in [0.717, 1.165) is 10.9 Å². The Morgan fingerprint density at radius 3 is 2.04 bits per heavy atom. The largest absolute Gasteiger partial charge is 0.478 e. The van der Waals surface area contributed by atoms with Crippen LogP contribution in [0.15, 0.2) is 36.5 Å². The average molecular weight is 350 g/mol. The van der Waals surface area contributed by atoms with E-state index in [1.165, 1.54) is 12.3 Å². The van der Waals surface area contributed by atoms with Gasteiger partial charge in [-0.05, 0) is 24.3 Å². The minimum atomic E-state index is -4.96. The van der Waals surface area contributed by atoms with Gasteiger partial charge in [-0.3, -0.25) is 0 Å². The van der Waals surface area contributed by atoms with Gasteiger partial charge in [-0.15, -0.1) is 0 Å². The molecule has 0 aliphatic rings. The van der Waals surface area contributed by atoms with Crippen LogP contribution in [0.1, 0.15) is 11.1 Å². The molecule has 1 aromatic heterocycles. The van der Waals surface area contributed by atoms with Crippen molar-refractivity contribution in [1.82, 2.24) is 9.78 Å². The van der Waals surface area contributed by atoms with Crippen molar-refractivity contribution >= 4 is 12.2 Å². The molecular weight excluding hydrogens is 342 g/mol. The minimum Gasteiger partial charge on any atom is -0.478 e. The van der Waals surface area contributed by atoms with E-state index < -0.39 is 29.4 Å². The molecule has 0 fully saturated rings. The molecule has 24 heavy (non-hydrogen) atoms. The molecular formula is C14H8F6N2O2. The van der Waals surface area contributed by atoms with Crippen molar-refractivity contribution in [3.63, 3.8) is 0 Å². The number of aromatic nitrogens is 2. The summed E-state index contributed by atoms with van der Waals surface area (Å²) in [6.07, 6.45) is -7.01. The van der Waals surface area contributed by atoms with Crippen LogP contribution >= 0.6 is 0 Å². The van der Waals surface area contributed by atoms with Gasteiger partial charge in [0.1, 0.15) is 0 Å². The highest BCUT2D eigenvalue weighted by atomic mass is 19.4. The third-order valence-electron chi connectivity index (χ3n) is 2.86. The Kier molecular flexibility index (Phi) is 4.41. The monoisotopic (exact) mass is 350 g/mol. The van der Waals surface area contributed by atoms with E-state index in [-0.39, 0.29) is 17.3 Å². The molecule has 2 aromatic rings. The summed E-state index contributed by atoms with van der Waals surface area (Å²) in [4.78, 5) is 10.4. The number of carbonyl (C=O) groups is 1. The molecule has 2 rings (SSSR count). The van der Waals surface area contributed by atoms with E-state index in [9.17, 15) is 31.1 Å². The van der Waals surface area contributed by atoms with Gasteiger partial charge in [0.25, 0.3) is 0 Å². The zero-order valence-electron chi connectivity index (χ0n) is 11.6. The first-order valence-electron chi connectivity index (χ1n) is 6.23. The Hall–Kier alpha value is -2.78. The van der Waals surface area contributed by atoms with Crippen molar-refractivity contribution in [2.45, 2.75) is 12.4 Å². The molecule has 0 aliphatic carbocycles. The molecule has 10 heteroatoms. The summed E-state index contributed by atoms with van der Waals surface area (Å²) < 4.78 is 77.7. The first-order valence-corrected chi connectivity index (χ1v) is 6.23. The Morgan fingerprint density at radius 2 is 1.58 bits per heavy atom. The molecule has 128 valence electrons. The molecule has 0 saturated carbocycles. The summed E-state index contributed by atoms with van der Waals surface area (Å²) in [5.41, 5.74) is -3.47. The zero-order valence-corrected chi connectivity index (χ0v) is 11.6. The maximum absolute atomic E-state index is 12.8. The molecule has 1 heterocycles. The molecule has 0 unspecified atom stereocenters. The highest BCUT2D eigenvalue weighted by Crippen LogP contribution is 2.38. The number of carboxylic acids is 1. The summed E-state index contributed by atoms with van der Waals surface area (Å²) in [6, 6.07) is 2.28. The van der Waals surface area contributed by atoms with Crippen LogP contribution in [-0.2, 0) is 17.1 Å². The van der Waals surface area contributed by atoms with Crippen molar-refractivity contribution in [2.75, 3.05) is 0 Å². The summed E-state index contributed by atoms with van der Waals surface area (Å²) in [5.74, 6) is -1.29. The Labute approximate surface area is 130 Å². The third kappa shape index (κ3) is 4.15. The van der Waals surface area contributed by atoms with Crippen LogP contribution in [0, 0.1) is 0 Å². The van der Waals surface area contributed by atoms with E-state index in [1.807, 2.05) is 0 Å². The smallest absolute Gasteiger partial charge is 0.416 e. The van der Waals surface area contributed by atoms with Gasteiger partial charge in [-0.1, -0.05) is 0 Å². The van der Waals surface area contributed by atoms with E-state index in [2.05, 4.69) is 5.10 Å². The second-order valence-corrected chi connectivity index (χ2v) is 4.63. The summed E-state index contributed by atoms with van der Waals surface area (Å²) in [6.45, 7) is 0. The van der Waals surface area contributed by atoms with Crippen LogP contribution in [-0.4, -0.2) is 20.9 Å². The lowest BCUT2D eigenvalue weighted by atomic mass is 10.0. The molecule has 0 aliphatic heterocycles. The second-order valence-electron chi connectivity index (χ2n) is 4.63. The molecule has 0 bridgehead atoms. The van der Waals surface area contributed by atoms with Crippen LogP contribution in [0.25, 0.3) is 17.5 Å². The number of carboxylic acid groups (broad SMARTS) is 1. The summed E-state index contributed by atoms with van der Waals surface area (Å²) in [5, 5.41) is 12.2. The lowest BCUT2D eigenvalue weighted by Gasteiger charge is -2.13. The highest BCUT2D eigenvalue weighted by molar-refractivity contribution is 5.82. The highest BCUT2D eigenvalue weighted by Gasteiger charge is 2.37. The van der Waals surface area contributed by atoms with Crippen LogP contribution in [0.3, 0.4) is 0 Å². The van der Waals surface area contributed by atoms with Crippen molar-refractivity contribution in [1.29, 1.82) is 0 Å². The van der Waals surface area contributed by atoms with Crippen LogP contribution in [0.4, 0.5) is 26.3 Å². The fourth-order valence-electron chi connectivity index (χ4n) is 1.82. The molecule has 4 nitrogen and oxygen atoms in total. The van der Waals surface area contributed by atoms with Gasteiger partial charge < -0.3 is 5.11 Å². The lowest BCUT2D eigenvalue weighted by molar-refractivity contribution is -0.143. The van der Waals surface area contributed by atoms with Gasteiger partial charge in [-0.25, -0.2) is 9.48 Å². The standard InChI is InChI=1S/C14H8F6N2O2/c15-13(16,17)9-5-8(6-10(7-9)14(18,19)20)11-1-3-22(21-11)4-2-12(23)24/h1-7H,(H,23,24)/b4-2-. The molecule has 1 aromatic carbocycles. The predicted molar refractivity (Wildman–Crippen MR) is 70.6 cm³/mol. The molecule has 1 N–H and O–H groups in total. The Bertz CT molecular complexity index is 757. The fraction of sp³-hybridized carbons (Fsp3) is 0.143. The number of aliphatic carboxylic acids is 1. The zero-order chi connectivity index (χ0) is 18.1. The summed E-state index contributed by atoms with van der Waals surface area (Å²) >= 11 is 0. The first kappa shape index (κ1) is 17.6. The fourth-order valence-corrected chi connectivity index (χ4v) is 1.82. The Morgan fingerprint density at radius 1 is 1.04 bits per heavy atom. The first-order chi connectivity index (χ1) is 11.0. The Balaban J connectivity index is 2.52. The number of alkyl halides is 6. The van der Waals surface area contributed by atoms with Gasteiger partial charge in [-0.2, -0.15) is 31.4 Å². The lowest BCUT2D eigenvalue weighted by Crippen LogP contribution is -2.11. The SMILES string of the molecule is O=C(O)/C=C\n1ccc(-c2cc(C(F)(F)F)cc(C(F)(F)F)c2)n1. The van der Waals surface area contributed by atoms with Crippen molar-refractivity contribution in [2.24, 2.45) is 0 Å². The number of rotatable bonds is 3. The van der Waals surface area contributed by atoms with Gasteiger partial charge in [0, 0.05) is 24.0 Å². The predicted octanol–water partition coefficient (Wildman–Crippen LogP) is 4.14. The number of hydrogen-bond donors (Lipinski definition) is 1. The van der Waals surface area contributed by atoms with E-state index in [1.54, 1.807) is 0 Å². The van der Waals surface area contributed by atoms with Crippen molar-refractivity contribution in [3.8, 4) is 11.3 Å². The van der Waals surface area contributed by atoms with Gasteiger partial charge in [0.15, 0.2) is 0 Å². The van der Waals surface area contributed by atoms with Gasteiger partial charge in [0.05, 0.1) is 16.8 Å². The normalized spacial score (nSPS) is 12.8. The van der Waals surface area contributed by atoms with Crippen molar-refractivity contribution < 1.29 is 36.2 Å².